The molecular formula is C21H26ClF2NO2. The van der Waals surface area contributed by atoms with Gasteiger partial charge in [-0.3, -0.25) is 4.79 Å². The summed E-state index contributed by atoms with van der Waals surface area (Å²) in [6.45, 7) is 1.97. The van der Waals surface area contributed by atoms with Crippen molar-refractivity contribution in [2.75, 3.05) is 7.05 Å². The van der Waals surface area contributed by atoms with Crippen LogP contribution in [0.4, 0.5) is 8.78 Å². The molecule has 6 atom stereocenters. The zero-order chi connectivity index (χ0) is 19.6. The van der Waals surface area contributed by atoms with Gasteiger partial charge in [-0.15, -0.1) is 11.6 Å². The summed E-state index contributed by atoms with van der Waals surface area (Å²) in [6.07, 6.45) is 0.581. The van der Waals surface area contributed by atoms with Gasteiger partial charge in [0.15, 0.2) is 0 Å². The van der Waals surface area contributed by atoms with Gasteiger partial charge in [-0.1, -0.05) is 37.3 Å². The molecule has 4 bridgehead atoms. The molecule has 0 aliphatic heterocycles. The van der Waals surface area contributed by atoms with E-state index in [-0.39, 0.29) is 5.92 Å². The Morgan fingerprint density at radius 2 is 1.93 bits per heavy atom. The lowest BCUT2D eigenvalue weighted by atomic mass is 9.41. The van der Waals surface area contributed by atoms with E-state index in [1.807, 2.05) is 37.3 Å². The first-order chi connectivity index (χ1) is 12.6. The van der Waals surface area contributed by atoms with E-state index in [1.165, 1.54) is 7.05 Å². The molecule has 148 valence electrons. The van der Waals surface area contributed by atoms with Crippen LogP contribution < -0.4 is 0 Å². The molecule has 1 aromatic carbocycles. The van der Waals surface area contributed by atoms with E-state index in [0.29, 0.717) is 18.8 Å². The lowest BCUT2D eigenvalue weighted by Gasteiger charge is -2.69. The second-order valence-electron chi connectivity index (χ2n) is 9.12. The van der Waals surface area contributed by atoms with Crippen LogP contribution in [0.2, 0.25) is 0 Å². The van der Waals surface area contributed by atoms with Crippen LogP contribution >= 0.6 is 11.6 Å². The topological polar surface area (TPSA) is 40.5 Å². The highest BCUT2D eigenvalue weighted by atomic mass is 35.5. The van der Waals surface area contributed by atoms with Gasteiger partial charge >= 0.3 is 6.43 Å². The number of benzene rings is 1. The standard InChI is InChI=1S/C21H26ClF2NO2/c1-19(15-8-13-9-20(22,11-15)12-21(19,27)10-13)16(14-6-4-3-5-7-14)25(2)18(26)17(23)24/h3-7,13,15-17,27H,8-12H2,1-2H3/t13?,15?,16-,19+,20-,21-/m0/s1. The highest BCUT2D eigenvalue weighted by molar-refractivity contribution is 6.24. The van der Waals surface area contributed by atoms with E-state index < -0.39 is 34.3 Å². The van der Waals surface area contributed by atoms with Crippen LogP contribution in [0.5, 0.6) is 0 Å². The molecule has 6 heteroatoms. The Balaban J connectivity index is 1.83. The number of amides is 1. The largest absolute Gasteiger partial charge is 0.389 e. The number of hydrogen-bond acceptors (Lipinski definition) is 2. The average Bonchev–Trinajstić information content (AvgIpc) is 2.58. The van der Waals surface area contributed by atoms with Crippen LogP contribution in [0.3, 0.4) is 0 Å². The minimum Gasteiger partial charge on any atom is -0.389 e. The van der Waals surface area contributed by atoms with Crippen molar-refractivity contribution in [2.45, 2.75) is 62.0 Å². The predicted molar refractivity (Wildman–Crippen MR) is 99.7 cm³/mol. The van der Waals surface area contributed by atoms with E-state index in [1.54, 1.807) is 0 Å². The molecule has 4 fully saturated rings. The lowest BCUT2D eigenvalue weighted by Crippen LogP contribution is -2.70. The number of aliphatic hydroxyl groups is 1. The van der Waals surface area contributed by atoms with Gasteiger partial charge in [0.05, 0.1) is 11.6 Å². The highest BCUT2D eigenvalue weighted by Crippen LogP contribution is 2.70. The maximum atomic E-state index is 13.3. The molecule has 0 heterocycles. The number of halogens is 3. The number of hydrogen-bond donors (Lipinski definition) is 1. The monoisotopic (exact) mass is 397 g/mol. The zero-order valence-corrected chi connectivity index (χ0v) is 16.4. The van der Waals surface area contributed by atoms with E-state index in [4.69, 9.17) is 11.6 Å². The second kappa shape index (κ2) is 6.15. The number of alkyl halides is 3. The summed E-state index contributed by atoms with van der Waals surface area (Å²) in [7, 11) is 1.43. The first kappa shape index (κ1) is 19.1. The third kappa shape index (κ3) is 2.72. The molecule has 1 amide bonds. The van der Waals surface area contributed by atoms with Crippen molar-refractivity contribution < 1.29 is 18.7 Å². The van der Waals surface area contributed by atoms with E-state index in [2.05, 4.69) is 0 Å². The Morgan fingerprint density at radius 1 is 1.26 bits per heavy atom. The average molecular weight is 398 g/mol. The smallest absolute Gasteiger partial charge is 0.315 e. The van der Waals surface area contributed by atoms with Crippen molar-refractivity contribution in [1.29, 1.82) is 0 Å². The van der Waals surface area contributed by atoms with Crippen molar-refractivity contribution in [3.05, 3.63) is 35.9 Å². The van der Waals surface area contributed by atoms with Gasteiger partial charge in [0.25, 0.3) is 5.91 Å². The van der Waals surface area contributed by atoms with Gasteiger partial charge in [0, 0.05) is 17.3 Å². The summed E-state index contributed by atoms with van der Waals surface area (Å²) >= 11 is 6.83. The van der Waals surface area contributed by atoms with Gasteiger partial charge in [0.2, 0.25) is 0 Å². The van der Waals surface area contributed by atoms with E-state index in [9.17, 15) is 18.7 Å². The fourth-order valence-electron chi connectivity index (χ4n) is 6.60. The molecule has 1 aromatic rings. The van der Waals surface area contributed by atoms with Crippen LogP contribution in [0.25, 0.3) is 0 Å². The molecule has 5 rings (SSSR count). The van der Waals surface area contributed by atoms with Gasteiger partial charge in [-0.25, -0.2) is 0 Å². The Bertz CT molecular complexity index is 747. The maximum Gasteiger partial charge on any atom is 0.315 e. The summed E-state index contributed by atoms with van der Waals surface area (Å²) < 4.78 is 26.6. The fraction of sp³-hybridized carbons (Fsp3) is 0.667. The summed E-state index contributed by atoms with van der Waals surface area (Å²) in [6, 6.07) is 8.63. The number of rotatable bonds is 4. The molecule has 0 saturated heterocycles. The van der Waals surface area contributed by atoms with Gasteiger partial charge in [0.1, 0.15) is 0 Å². The van der Waals surface area contributed by atoms with E-state index in [0.717, 1.165) is 29.7 Å². The third-order valence-electron chi connectivity index (χ3n) is 7.58. The minimum absolute atomic E-state index is 0.0828. The zero-order valence-electron chi connectivity index (χ0n) is 15.7. The summed E-state index contributed by atoms with van der Waals surface area (Å²) in [4.78, 5) is 13.0. The molecule has 0 aromatic heterocycles. The van der Waals surface area contributed by atoms with Crippen molar-refractivity contribution in [3.8, 4) is 0 Å². The number of nitrogens with zero attached hydrogens (tertiary/aromatic N) is 1. The Morgan fingerprint density at radius 3 is 2.48 bits per heavy atom. The van der Waals surface area contributed by atoms with Crippen molar-refractivity contribution in [2.24, 2.45) is 17.3 Å². The Labute approximate surface area is 163 Å². The summed E-state index contributed by atoms with van der Waals surface area (Å²) in [5.74, 6) is -0.761. The molecule has 4 aliphatic carbocycles. The maximum absolute atomic E-state index is 13.3. The van der Waals surface area contributed by atoms with Gasteiger partial charge in [-0.05, 0) is 49.5 Å². The second-order valence-corrected chi connectivity index (χ2v) is 9.92. The van der Waals surface area contributed by atoms with Crippen LogP contribution in [0, 0.1) is 17.3 Å². The molecule has 3 nitrogen and oxygen atoms in total. The molecule has 4 saturated carbocycles. The quantitative estimate of drug-likeness (QED) is 0.765. The van der Waals surface area contributed by atoms with Crippen molar-refractivity contribution >= 4 is 17.5 Å². The molecular weight excluding hydrogens is 372 g/mol. The summed E-state index contributed by atoms with van der Waals surface area (Å²) in [5.41, 5.74) is -1.03. The lowest BCUT2D eigenvalue weighted by molar-refractivity contribution is -0.239. The van der Waals surface area contributed by atoms with Crippen molar-refractivity contribution in [3.63, 3.8) is 0 Å². The molecule has 27 heavy (non-hydrogen) atoms. The molecule has 0 spiro atoms. The van der Waals surface area contributed by atoms with Gasteiger partial charge in [-0.2, -0.15) is 8.78 Å². The Kier molecular flexibility index (Phi) is 4.36. The van der Waals surface area contributed by atoms with Crippen molar-refractivity contribution in [1.82, 2.24) is 4.90 Å². The molecule has 0 radical (unpaired) electrons. The summed E-state index contributed by atoms with van der Waals surface area (Å²) in [5, 5.41) is 11.8. The SMILES string of the molecule is CN(C(=O)C(F)F)[C@@H](c1ccccc1)[C@@]1(C)C2CC3C[C@](Cl)(C2)C[C@@]1(O)C3. The first-order valence-electron chi connectivity index (χ1n) is 9.61. The highest BCUT2D eigenvalue weighted by Gasteiger charge is 2.70. The predicted octanol–water partition coefficient (Wildman–Crippen LogP) is 4.39. The molecule has 4 aliphatic rings. The Hall–Kier alpha value is -1.20. The third-order valence-corrected chi connectivity index (χ3v) is 8.02. The van der Waals surface area contributed by atoms with Crippen LogP contribution in [-0.2, 0) is 4.79 Å². The first-order valence-corrected chi connectivity index (χ1v) is 9.98. The normalized spacial score (nSPS) is 41.0. The molecule has 1 N–H and O–H groups in total. The van der Waals surface area contributed by atoms with Crippen LogP contribution in [0.1, 0.15) is 50.6 Å². The molecule has 2 unspecified atom stereocenters. The fourth-order valence-corrected chi connectivity index (χ4v) is 7.22. The van der Waals surface area contributed by atoms with Gasteiger partial charge < -0.3 is 10.0 Å². The number of carbonyl (C=O) groups excluding carboxylic acids is 1. The number of carbonyl (C=O) groups is 1. The van der Waals surface area contributed by atoms with Crippen LogP contribution in [0.15, 0.2) is 30.3 Å². The van der Waals surface area contributed by atoms with Crippen LogP contribution in [-0.4, -0.2) is 39.9 Å². The minimum atomic E-state index is -3.07. The van der Waals surface area contributed by atoms with E-state index >= 15 is 0 Å².